The number of hydrogen-bond acceptors (Lipinski definition) is 4. The maximum absolute atomic E-state index is 11.2. The maximum atomic E-state index is 11.2. The quantitative estimate of drug-likeness (QED) is 0.779. The summed E-state index contributed by atoms with van der Waals surface area (Å²) < 4.78 is 5.59. The highest BCUT2D eigenvalue weighted by molar-refractivity contribution is 5.99. The van der Waals surface area contributed by atoms with E-state index in [1.165, 1.54) is 0 Å². The van der Waals surface area contributed by atoms with Crippen LogP contribution in [0.5, 0.6) is 0 Å². The summed E-state index contributed by atoms with van der Waals surface area (Å²) in [6, 6.07) is 5.32. The van der Waals surface area contributed by atoms with Gasteiger partial charge >= 0.3 is 0 Å². The lowest BCUT2D eigenvalue weighted by Crippen LogP contribution is -2.28. The molecule has 1 atom stereocenters. The molecular weight excluding hydrogens is 230 g/mol. The Morgan fingerprint density at radius 3 is 2.94 bits per heavy atom. The summed E-state index contributed by atoms with van der Waals surface area (Å²) in [6.07, 6.45) is 2.47. The molecule has 98 valence electrons. The molecule has 1 heterocycles. The fourth-order valence-electron chi connectivity index (χ4n) is 2.19. The molecule has 1 aromatic carbocycles. The van der Waals surface area contributed by atoms with Crippen molar-refractivity contribution in [2.45, 2.75) is 18.9 Å². The summed E-state index contributed by atoms with van der Waals surface area (Å²) in [4.78, 5) is 13.3. The predicted molar refractivity (Wildman–Crippen MR) is 71.6 cm³/mol. The Kier molecular flexibility index (Phi) is 3.72. The number of primary amides is 1. The van der Waals surface area contributed by atoms with E-state index in [2.05, 4.69) is 4.90 Å². The summed E-state index contributed by atoms with van der Waals surface area (Å²) in [6.45, 7) is 1.65. The number of anilines is 2. The molecule has 1 amide bonds. The molecule has 0 saturated carbocycles. The lowest BCUT2D eigenvalue weighted by atomic mass is 10.1. The molecule has 1 aliphatic heterocycles. The minimum absolute atomic E-state index is 0.268. The number of hydrogen-bond donors (Lipinski definition) is 2. The molecule has 18 heavy (non-hydrogen) atoms. The van der Waals surface area contributed by atoms with E-state index in [4.69, 9.17) is 16.2 Å². The number of amides is 1. The van der Waals surface area contributed by atoms with Crippen LogP contribution in [-0.4, -0.2) is 32.2 Å². The number of ether oxygens (including phenoxy) is 1. The SMILES string of the molecule is CN(CC1CCCO1)c1ccc(N)c(C(N)=O)c1. The number of rotatable bonds is 4. The summed E-state index contributed by atoms with van der Waals surface area (Å²) >= 11 is 0. The first-order valence-corrected chi connectivity index (χ1v) is 6.10. The minimum atomic E-state index is -0.500. The van der Waals surface area contributed by atoms with E-state index < -0.39 is 5.91 Å². The van der Waals surface area contributed by atoms with E-state index in [1.54, 1.807) is 12.1 Å². The third-order valence-electron chi connectivity index (χ3n) is 3.24. The highest BCUT2D eigenvalue weighted by Crippen LogP contribution is 2.22. The Labute approximate surface area is 107 Å². The van der Waals surface area contributed by atoms with Gasteiger partial charge in [-0.2, -0.15) is 0 Å². The second-order valence-electron chi connectivity index (χ2n) is 4.65. The zero-order valence-corrected chi connectivity index (χ0v) is 10.6. The van der Waals surface area contributed by atoms with E-state index in [0.29, 0.717) is 11.3 Å². The van der Waals surface area contributed by atoms with Crippen molar-refractivity contribution in [1.29, 1.82) is 0 Å². The van der Waals surface area contributed by atoms with Gasteiger partial charge in [0.25, 0.3) is 5.91 Å². The van der Waals surface area contributed by atoms with Gasteiger partial charge in [-0.25, -0.2) is 0 Å². The molecule has 1 unspecified atom stereocenters. The Hall–Kier alpha value is -1.75. The van der Waals surface area contributed by atoms with Gasteiger partial charge in [-0.15, -0.1) is 0 Å². The number of nitrogens with two attached hydrogens (primary N) is 2. The van der Waals surface area contributed by atoms with E-state index >= 15 is 0 Å². The molecule has 0 spiro atoms. The lowest BCUT2D eigenvalue weighted by molar-refractivity contribution is 0.100. The van der Waals surface area contributed by atoms with Crippen LogP contribution >= 0.6 is 0 Å². The van der Waals surface area contributed by atoms with Gasteiger partial charge in [0.15, 0.2) is 0 Å². The number of carbonyl (C=O) groups excluding carboxylic acids is 1. The average molecular weight is 249 g/mol. The fourth-order valence-corrected chi connectivity index (χ4v) is 2.19. The van der Waals surface area contributed by atoms with E-state index in [0.717, 1.165) is 31.7 Å². The van der Waals surface area contributed by atoms with E-state index in [-0.39, 0.29) is 6.10 Å². The van der Waals surface area contributed by atoms with E-state index in [1.807, 2.05) is 13.1 Å². The Balaban J connectivity index is 2.11. The molecule has 2 rings (SSSR count). The summed E-state index contributed by atoms with van der Waals surface area (Å²) in [5.74, 6) is -0.500. The number of nitrogen functional groups attached to an aromatic ring is 1. The molecule has 0 bridgehead atoms. The van der Waals surface area contributed by atoms with Crippen molar-refractivity contribution in [3.8, 4) is 0 Å². The number of likely N-dealkylation sites (N-methyl/N-ethyl adjacent to an activating group) is 1. The molecular formula is C13H19N3O2. The smallest absolute Gasteiger partial charge is 0.250 e. The standard InChI is InChI=1S/C13H19N3O2/c1-16(8-10-3-2-6-18-10)9-4-5-12(14)11(7-9)13(15)17/h4-5,7,10H,2-3,6,8,14H2,1H3,(H2,15,17). The molecule has 1 fully saturated rings. The highest BCUT2D eigenvalue weighted by atomic mass is 16.5. The van der Waals surface area contributed by atoms with Crippen LogP contribution in [0.2, 0.25) is 0 Å². The largest absolute Gasteiger partial charge is 0.398 e. The zero-order chi connectivity index (χ0) is 13.1. The van der Waals surface area contributed by atoms with Crippen molar-refractivity contribution in [3.05, 3.63) is 23.8 Å². The molecule has 0 radical (unpaired) electrons. The van der Waals surface area contributed by atoms with Crippen LogP contribution in [0.1, 0.15) is 23.2 Å². The van der Waals surface area contributed by atoms with Gasteiger partial charge in [0.2, 0.25) is 0 Å². The third-order valence-corrected chi connectivity index (χ3v) is 3.24. The normalized spacial score (nSPS) is 18.8. The Bertz CT molecular complexity index is 442. The van der Waals surface area contributed by atoms with Crippen LogP contribution < -0.4 is 16.4 Å². The summed E-state index contributed by atoms with van der Waals surface area (Å²) in [7, 11) is 1.97. The summed E-state index contributed by atoms with van der Waals surface area (Å²) in [5.41, 5.74) is 12.7. The van der Waals surface area contributed by atoms with Crippen molar-refractivity contribution in [3.63, 3.8) is 0 Å². The number of nitrogens with zero attached hydrogens (tertiary/aromatic N) is 1. The maximum Gasteiger partial charge on any atom is 0.250 e. The van der Waals surface area contributed by atoms with Gasteiger partial charge in [0, 0.05) is 31.6 Å². The van der Waals surface area contributed by atoms with Crippen LogP contribution in [0.15, 0.2) is 18.2 Å². The van der Waals surface area contributed by atoms with Crippen LogP contribution in [0, 0.1) is 0 Å². The second kappa shape index (κ2) is 5.27. The average Bonchev–Trinajstić information content (AvgIpc) is 2.81. The monoisotopic (exact) mass is 249 g/mol. The van der Waals surface area contributed by atoms with Gasteiger partial charge < -0.3 is 21.1 Å². The first kappa shape index (κ1) is 12.7. The Morgan fingerprint density at radius 2 is 2.33 bits per heavy atom. The number of benzene rings is 1. The predicted octanol–water partition coefficient (Wildman–Crippen LogP) is 0.983. The van der Waals surface area contributed by atoms with Crippen LogP contribution in [0.3, 0.4) is 0 Å². The fraction of sp³-hybridized carbons (Fsp3) is 0.462. The van der Waals surface area contributed by atoms with Crippen LogP contribution in [0.4, 0.5) is 11.4 Å². The van der Waals surface area contributed by atoms with E-state index in [9.17, 15) is 4.79 Å². The molecule has 1 saturated heterocycles. The first-order chi connectivity index (χ1) is 8.58. The molecule has 4 N–H and O–H groups in total. The third kappa shape index (κ3) is 2.73. The van der Waals surface area contributed by atoms with Crippen LogP contribution in [0.25, 0.3) is 0 Å². The first-order valence-electron chi connectivity index (χ1n) is 6.10. The van der Waals surface area contributed by atoms with Crippen molar-refractivity contribution in [2.75, 3.05) is 30.8 Å². The van der Waals surface area contributed by atoms with Crippen molar-refractivity contribution >= 4 is 17.3 Å². The molecule has 0 aromatic heterocycles. The zero-order valence-electron chi connectivity index (χ0n) is 10.6. The molecule has 5 nitrogen and oxygen atoms in total. The number of carbonyl (C=O) groups is 1. The van der Waals surface area contributed by atoms with Crippen molar-refractivity contribution < 1.29 is 9.53 Å². The Morgan fingerprint density at radius 1 is 1.56 bits per heavy atom. The van der Waals surface area contributed by atoms with Crippen molar-refractivity contribution in [2.24, 2.45) is 5.73 Å². The van der Waals surface area contributed by atoms with Gasteiger partial charge in [0.05, 0.1) is 11.7 Å². The van der Waals surface area contributed by atoms with Crippen LogP contribution in [-0.2, 0) is 4.74 Å². The lowest BCUT2D eigenvalue weighted by Gasteiger charge is -2.23. The van der Waals surface area contributed by atoms with Gasteiger partial charge in [-0.1, -0.05) is 0 Å². The molecule has 0 aliphatic carbocycles. The topological polar surface area (TPSA) is 81.6 Å². The van der Waals surface area contributed by atoms with Crippen molar-refractivity contribution in [1.82, 2.24) is 0 Å². The van der Waals surface area contributed by atoms with Gasteiger partial charge in [-0.05, 0) is 31.0 Å². The summed E-state index contributed by atoms with van der Waals surface area (Å²) in [5, 5.41) is 0. The molecule has 1 aliphatic rings. The van der Waals surface area contributed by atoms with Gasteiger partial charge in [-0.3, -0.25) is 4.79 Å². The second-order valence-corrected chi connectivity index (χ2v) is 4.65. The molecule has 5 heteroatoms. The highest BCUT2D eigenvalue weighted by Gasteiger charge is 2.18. The minimum Gasteiger partial charge on any atom is -0.398 e. The van der Waals surface area contributed by atoms with Gasteiger partial charge in [0.1, 0.15) is 0 Å². The molecule has 1 aromatic rings.